The third kappa shape index (κ3) is 2.04. The summed E-state index contributed by atoms with van der Waals surface area (Å²) in [4.78, 5) is 0. The van der Waals surface area contributed by atoms with Crippen LogP contribution in [-0.4, -0.2) is 13.5 Å². The molecule has 3 rings (SSSR count). The van der Waals surface area contributed by atoms with E-state index in [1.807, 2.05) is 24.3 Å². The van der Waals surface area contributed by atoms with Crippen molar-refractivity contribution in [3.05, 3.63) is 59.2 Å². The zero-order valence-corrected chi connectivity index (χ0v) is 10.7. The van der Waals surface area contributed by atoms with Gasteiger partial charge in [-0.3, -0.25) is 0 Å². The average molecular weight is 259 g/mol. The minimum atomic E-state index is -2.40. The monoisotopic (exact) mass is 259 g/mol. The third-order valence-electron chi connectivity index (χ3n) is 3.74. The van der Waals surface area contributed by atoms with Gasteiger partial charge >= 0.3 is 0 Å². The molecule has 0 fully saturated rings. The molecule has 2 aromatic carbocycles. The highest BCUT2D eigenvalue weighted by Crippen LogP contribution is 2.37. The maximum Gasteiger partial charge on any atom is 0.257 e. The van der Waals surface area contributed by atoms with Crippen molar-refractivity contribution in [2.45, 2.75) is 18.9 Å². The van der Waals surface area contributed by atoms with Gasteiger partial charge in [0.15, 0.2) is 0 Å². The lowest BCUT2D eigenvalue weighted by Gasteiger charge is -2.16. The second-order valence-electron chi connectivity index (χ2n) is 4.85. The van der Waals surface area contributed by atoms with E-state index >= 15 is 0 Å². The first-order chi connectivity index (χ1) is 9.20. The van der Waals surface area contributed by atoms with Crippen molar-refractivity contribution in [1.29, 1.82) is 0 Å². The maximum absolute atomic E-state index is 12.9. The molecule has 0 aromatic heterocycles. The molecule has 0 spiro atoms. The molecule has 2 aromatic rings. The van der Waals surface area contributed by atoms with Crippen LogP contribution in [0.25, 0.3) is 11.1 Å². The number of rotatable bonds is 3. The van der Waals surface area contributed by atoms with Crippen molar-refractivity contribution in [2.75, 3.05) is 7.05 Å². The van der Waals surface area contributed by atoms with Crippen LogP contribution in [-0.2, 0) is 6.42 Å². The molecular formula is C16H15F2N. The summed E-state index contributed by atoms with van der Waals surface area (Å²) in [7, 11) is 1.57. The van der Waals surface area contributed by atoms with E-state index in [1.54, 1.807) is 13.1 Å². The molecule has 1 N–H and O–H groups in total. The lowest BCUT2D eigenvalue weighted by atomic mass is 10.00. The number of benzene rings is 2. The van der Waals surface area contributed by atoms with E-state index in [9.17, 15) is 8.78 Å². The average Bonchev–Trinajstić information content (AvgIpc) is 2.76. The zero-order chi connectivity index (χ0) is 13.4. The van der Waals surface area contributed by atoms with Crippen molar-refractivity contribution in [3.63, 3.8) is 0 Å². The molecule has 1 nitrogen and oxygen atoms in total. The summed E-state index contributed by atoms with van der Waals surface area (Å²) in [5.74, 6) is 0. The molecule has 0 aliphatic heterocycles. The molecule has 0 amide bonds. The van der Waals surface area contributed by atoms with Gasteiger partial charge in [0.25, 0.3) is 6.43 Å². The number of halogens is 2. The fourth-order valence-electron chi connectivity index (χ4n) is 2.80. The largest absolute Gasteiger partial charge is 0.308 e. The smallest absolute Gasteiger partial charge is 0.257 e. The molecule has 1 atom stereocenters. The maximum atomic E-state index is 12.9. The van der Waals surface area contributed by atoms with Crippen LogP contribution in [0, 0.1) is 0 Å². The van der Waals surface area contributed by atoms with Gasteiger partial charge in [0.1, 0.15) is 0 Å². The van der Waals surface area contributed by atoms with E-state index in [2.05, 4.69) is 17.4 Å². The van der Waals surface area contributed by atoms with E-state index < -0.39 is 12.5 Å². The Morgan fingerprint density at radius 2 is 1.74 bits per heavy atom. The second-order valence-corrected chi connectivity index (χ2v) is 4.85. The Morgan fingerprint density at radius 3 is 2.47 bits per heavy atom. The van der Waals surface area contributed by atoms with Gasteiger partial charge in [0, 0.05) is 0 Å². The number of hydrogen-bond donors (Lipinski definition) is 1. The Kier molecular flexibility index (Phi) is 3.07. The highest BCUT2D eigenvalue weighted by atomic mass is 19.3. The fraction of sp³-hybridized carbons (Fsp3) is 0.250. The Hall–Kier alpha value is -1.74. The van der Waals surface area contributed by atoms with Crippen LogP contribution in [0.5, 0.6) is 0 Å². The molecule has 1 aliphatic rings. The minimum absolute atomic E-state index is 0.657. The van der Waals surface area contributed by atoms with Gasteiger partial charge in [-0.1, -0.05) is 42.5 Å². The molecule has 0 saturated carbocycles. The first kappa shape index (κ1) is 12.3. The quantitative estimate of drug-likeness (QED) is 0.754. The number of fused-ring (bicyclic) bond motifs is 3. The highest BCUT2D eigenvalue weighted by Gasteiger charge is 2.23. The molecular weight excluding hydrogens is 244 g/mol. The Bertz CT molecular complexity index is 607. The van der Waals surface area contributed by atoms with E-state index in [0.717, 1.165) is 12.0 Å². The van der Waals surface area contributed by atoms with Crippen molar-refractivity contribution >= 4 is 0 Å². The van der Waals surface area contributed by atoms with Crippen molar-refractivity contribution in [1.82, 2.24) is 5.32 Å². The predicted molar refractivity (Wildman–Crippen MR) is 72.5 cm³/mol. The first-order valence-electron chi connectivity index (χ1n) is 6.37. The number of nitrogens with one attached hydrogen (secondary N) is 1. The summed E-state index contributed by atoms with van der Waals surface area (Å²) in [5, 5.41) is 2.68. The molecule has 0 bridgehead atoms. The van der Waals surface area contributed by atoms with E-state index in [4.69, 9.17) is 0 Å². The van der Waals surface area contributed by atoms with Crippen LogP contribution in [0.1, 0.15) is 22.7 Å². The SMILES string of the molecule is CNC(c1ccc2c(c1)Cc1ccccc1-2)C(F)F. The minimum Gasteiger partial charge on any atom is -0.308 e. The van der Waals surface area contributed by atoms with Gasteiger partial charge in [-0.05, 0) is 41.3 Å². The molecule has 1 aliphatic carbocycles. The van der Waals surface area contributed by atoms with Crippen molar-refractivity contribution in [2.24, 2.45) is 0 Å². The van der Waals surface area contributed by atoms with E-state index in [-0.39, 0.29) is 0 Å². The van der Waals surface area contributed by atoms with Crippen LogP contribution >= 0.6 is 0 Å². The lowest BCUT2D eigenvalue weighted by molar-refractivity contribution is 0.102. The molecule has 0 heterocycles. The van der Waals surface area contributed by atoms with Crippen molar-refractivity contribution in [3.8, 4) is 11.1 Å². The highest BCUT2D eigenvalue weighted by molar-refractivity contribution is 5.77. The molecule has 98 valence electrons. The van der Waals surface area contributed by atoms with E-state index in [1.165, 1.54) is 16.7 Å². The summed E-state index contributed by atoms with van der Waals surface area (Å²) >= 11 is 0. The number of hydrogen-bond acceptors (Lipinski definition) is 1. The Balaban J connectivity index is 2.02. The van der Waals surface area contributed by atoms with E-state index in [0.29, 0.717) is 5.56 Å². The lowest BCUT2D eigenvalue weighted by Crippen LogP contribution is -2.23. The third-order valence-corrected chi connectivity index (χ3v) is 3.74. The van der Waals surface area contributed by atoms with Crippen LogP contribution in [0.2, 0.25) is 0 Å². The van der Waals surface area contributed by atoms with Gasteiger partial charge in [0.05, 0.1) is 6.04 Å². The Labute approximate surface area is 111 Å². The fourth-order valence-corrected chi connectivity index (χ4v) is 2.80. The summed E-state index contributed by atoms with van der Waals surface area (Å²) in [6.07, 6.45) is -1.56. The summed E-state index contributed by atoms with van der Waals surface area (Å²) in [6, 6.07) is 13.0. The summed E-state index contributed by atoms with van der Waals surface area (Å²) < 4.78 is 25.9. The topological polar surface area (TPSA) is 12.0 Å². The molecule has 3 heteroatoms. The van der Waals surface area contributed by atoms with Gasteiger partial charge < -0.3 is 5.32 Å². The summed E-state index contributed by atoms with van der Waals surface area (Å²) in [6.45, 7) is 0. The number of alkyl halides is 2. The van der Waals surface area contributed by atoms with Crippen LogP contribution in [0.3, 0.4) is 0 Å². The van der Waals surface area contributed by atoms with Crippen molar-refractivity contribution < 1.29 is 8.78 Å². The van der Waals surface area contributed by atoms with Gasteiger partial charge in [0.2, 0.25) is 0 Å². The second kappa shape index (κ2) is 4.74. The van der Waals surface area contributed by atoms with Crippen LogP contribution in [0.4, 0.5) is 8.78 Å². The molecule has 0 saturated heterocycles. The van der Waals surface area contributed by atoms with Crippen LogP contribution < -0.4 is 5.32 Å². The zero-order valence-electron chi connectivity index (χ0n) is 10.7. The van der Waals surface area contributed by atoms with Gasteiger partial charge in [-0.25, -0.2) is 8.78 Å². The van der Waals surface area contributed by atoms with Crippen LogP contribution in [0.15, 0.2) is 42.5 Å². The molecule has 1 unspecified atom stereocenters. The van der Waals surface area contributed by atoms with Gasteiger partial charge in [-0.2, -0.15) is 0 Å². The molecule has 0 radical (unpaired) electrons. The standard InChI is InChI=1S/C16H15F2N/c1-19-15(16(17)18)11-6-7-14-12(9-11)8-10-4-2-3-5-13(10)14/h2-7,9,15-16,19H,8H2,1H3. The first-order valence-corrected chi connectivity index (χ1v) is 6.37. The Morgan fingerprint density at radius 1 is 1.00 bits per heavy atom. The normalized spacial score (nSPS) is 14.3. The molecule has 19 heavy (non-hydrogen) atoms. The predicted octanol–water partition coefficient (Wildman–Crippen LogP) is 3.78. The van der Waals surface area contributed by atoms with Gasteiger partial charge in [-0.15, -0.1) is 0 Å². The summed E-state index contributed by atoms with van der Waals surface area (Å²) in [5.41, 5.74) is 5.46.